The number of hydrogen-bond acceptors (Lipinski definition) is 3. The standard InChI is InChI=1S/C16H10ClF2NO2S/c1-22-14-10-6-8(17)2-5-13(10)23-15(14)16(21)20-12-4-3-9(18)7-11(12)19/h2-7H,1H3,(H,20,21). The number of ether oxygens (including phenoxy) is 1. The zero-order valence-corrected chi connectivity index (χ0v) is 13.4. The molecular formula is C16H10ClF2NO2S. The number of fused-ring (bicyclic) bond motifs is 1. The number of anilines is 1. The molecule has 118 valence electrons. The van der Waals surface area contributed by atoms with Gasteiger partial charge in [-0.1, -0.05) is 11.6 Å². The van der Waals surface area contributed by atoms with Crippen molar-refractivity contribution in [1.29, 1.82) is 0 Å². The first-order chi connectivity index (χ1) is 11.0. The Morgan fingerprint density at radius 1 is 1.22 bits per heavy atom. The van der Waals surface area contributed by atoms with Crippen molar-refractivity contribution in [3.8, 4) is 5.75 Å². The van der Waals surface area contributed by atoms with Gasteiger partial charge in [-0.3, -0.25) is 4.79 Å². The zero-order chi connectivity index (χ0) is 16.6. The second-order valence-electron chi connectivity index (χ2n) is 4.68. The van der Waals surface area contributed by atoms with Crippen LogP contribution in [0.1, 0.15) is 9.67 Å². The molecule has 0 aliphatic carbocycles. The summed E-state index contributed by atoms with van der Waals surface area (Å²) in [7, 11) is 1.44. The summed E-state index contributed by atoms with van der Waals surface area (Å²) < 4.78 is 32.7. The number of rotatable bonds is 3. The molecule has 0 radical (unpaired) electrons. The van der Waals surface area contributed by atoms with Crippen molar-refractivity contribution in [2.75, 3.05) is 12.4 Å². The minimum atomic E-state index is -0.846. The fourth-order valence-corrected chi connectivity index (χ4v) is 3.39. The first-order valence-electron chi connectivity index (χ1n) is 6.52. The first kappa shape index (κ1) is 15.7. The molecule has 0 bridgehead atoms. The molecular weight excluding hydrogens is 344 g/mol. The van der Waals surface area contributed by atoms with E-state index >= 15 is 0 Å². The average molecular weight is 354 g/mol. The highest BCUT2D eigenvalue weighted by Crippen LogP contribution is 2.39. The molecule has 1 N–H and O–H groups in total. The third kappa shape index (κ3) is 3.00. The molecule has 0 aliphatic rings. The zero-order valence-electron chi connectivity index (χ0n) is 11.8. The molecule has 0 unspecified atom stereocenters. The summed E-state index contributed by atoms with van der Waals surface area (Å²) in [6.07, 6.45) is 0. The topological polar surface area (TPSA) is 38.3 Å². The summed E-state index contributed by atoms with van der Waals surface area (Å²) in [5, 5.41) is 3.64. The number of nitrogens with one attached hydrogen (secondary N) is 1. The van der Waals surface area contributed by atoms with Crippen LogP contribution in [-0.2, 0) is 0 Å². The highest BCUT2D eigenvalue weighted by Gasteiger charge is 2.20. The molecule has 1 amide bonds. The Kier molecular flexibility index (Phi) is 4.19. The van der Waals surface area contributed by atoms with Crippen LogP contribution in [0.25, 0.3) is 10.1 Å². The van der Waals surface area contributed by atoms with E-state index in [1.165, 1.54) is 24.5 Å². The Morgan fingerprint density at radius 3 is 2.70 bits per heavy atom. The summed E-state index contributed by atoms with van der Waals surface area (Å²) >= 11 is 7.17. The molecule has 3 nitrogen and oxygen atoms in total. The van der Waals surface area contributed by atoms with Crippen LogP contribution in [0, 0.1) is 11.6 Å². The van der Waals surface area contributed by atoms with Crippen LogP contribution in [0.2, 0.25) is 5.02 Å². The lowest BCUT2D eigenvalue weighted by Crippen LogP contribution is -2.12. The predicted octanol–water partition coefficient (Wildman–Crippen LogP) is 5.09. The van der Waals surface area contributed by atoms with E-state index in [0.717, 1.165) is 10.8 Å². The van der Waals surface area contributed by atoms with Gasteiger partial charge in [0, 0.05) is 21.2 Å². The third-order valence-electron chi connectivity index (χ3n) is 3.19. The van der Waals surface area contributed by atoms with Gasteiger partial charge in [-0.2, -0.15) is 0 Å². The highest BCUT2D eigenvalue weighted by atomic mass is 35.5. The van der Waals surface area contributed by atoms with Crippen LogP contribution in [0.4, 0.5) is 14.5 Å². The van der Waals surface area contributed by atoms with E-state index < -0.39 is 17.5 Å². The molecule has 1 aromatic heterocycles. The number of carbonyl (C=O) groups is 1. The lowest BCUT2D eigenvalue weighted by molar-refractivity contribution is 0.102. The summed E-state index contributed by atoms with van der Waals surface area (Å²) in [5.74, 6) is -1.73. The maximum atomic E-state index is 13.7. The Morgan fingerprint density at radius 2 is 2.00 bits per heavy atom. The Labute approximate surface area is 139 Å². The van der Waals surface area contributed by atoms with Crippen LogP contribution in [-0.4, -0.2) is 13.0 Å². The number of carbonyl (C=O) groups excluding carboxylic acids is 1. The lowest BCUT2D eigenvalue weighted by atomic mass is 10.2. The molecule has 1 heterocycles. The number of amides is 1. The van der Waals surface area contributed by atoms with Crippen molar-refractivity contribution in [1.82, 2.24) is 0 Å². The SMILES string of the molecule is COc1c(C(=O)Nc2ccc(F)cc2F)sc2ccc(Cl)cc12. The minimum Gasteiger partial charge on any atom is -0.494 e. The van der Waals surface area contributed by atoms with Gasteiger partial charge in [0.05, 0.1) is 12.8 Å². The van der Waals surface area contributed by atoms with Gasteiger partial charge in [0.25, 0.3) is 5.91 Å². The van der Waals surface area contributed by atoms with E-state index in [0.29, 0.717) is 22.2 Å². The Bertz CT molecular complexity index is 910. The van der Waals surface area contributed by atoms with E-state index in [4.69, 9.17) is 16.3 Å². The van der Waals surface area contributed by atoms with Gasteiger partial charge in [-0.25, -0.2) is 8.78 Å². The van der Waals surface area contributed by atoms with E-state index in [-0.39, 0.29) is 10.6 Å². The van der Waals surface area contributed by atoms with Crippen molar-refractivity contribution in [3.63, 3.8) is 0 Å². The third-order valence-corrected chi connectivity index (χ3v) is 4.58. The number of hydrogen-bond donors (Lipinski definition) is 1. The second kappa shape index (κ2) is 6.14. The van der Waals surface area contributed by atoms with Crippen molar-refractivity contribution in [3.05, 3.63) is 57.9 Å². The number of thiophene rings is 1. The van der Waals surface area contributed by atoms with Crippen molar-refractivity contribution < 1.29 is 18.3 Å². The molecule has 23 heavy (non-hydrogen) atoms. The van der Waals surface area contributed by atoms with Gasteiger partial charge in [-0.15, -0.1) is 11.3 Å². The van der Waals surface area contributed by atoms with E-state index in [1.807, 2.05) is 0 Å². The van der Waals surface area contributed by atoms with E-state index in [1.54, 1.807) is 18.2 Å². The molecule has 2 aromatic carbocycles. The quantitative estimate of drug-likeness (QED) is 0.712. The van der Waals surface area contributed by atoms with Gasteiger partial charge >= 0.3 is 0 Å². The van der Waals surface area contributed by atoms with Crippen LogP contribution >= 0.6 is 22.9 Å². The Balaban J connectivity index is 2.00. The minimum absolute atomic E-state index is 0.103. The summed E-state index contributed by atoms with van der Waals surface area (Å²) in [4.78, 5) is 12.7. The highest BCUT2D eigenvalue weighted by molar-refractivity contribution is 7.21. The van der Waals surface area contributed by atoms with E-state index in [9.17, 15) is 13.6 Å². The van der Waals surface area contributed by atoms with Crippen molar-refractivity contribution >= 4 is 44.6 Å². The smallest absolute Gasteiger partial charge is 0.269 e. The van der Waals surface area contributed by atoms with E-state index in [2.05, 4.69) is 5.32 Å². The summed E-state index contributed by atoms with van der Waals surface area (Å²) in [6, 6.07) is 8.13. The number of methoxy groups -OCH3 is 1. The molecule has 0 spiro atoms. The molecule has 7 heteroatoms. The number of benzene rings is 2. The molecule has 0 saturated heterocycles. The fourth-order valence-electron chi connectivity index (χ4n) is 2.17. The monoisotopic (exact) mass is 353 g/mol. The van der Waals surface area contributed by atoms with Gasteiger partial charge < -0.3 is 10.1 Å². The van der Waals surface area contributed by atoms with Crippen LogP contribution in [0.3, 0.4) is 0 Å². The fraction of sp³-hybridized carbons (Fsp3) is 0.0625. The normalized spacial score (nSPS) is 10.8. The molecule has 3 aromatic rings. The molecule has 0 aliphatic heterocycles. The number of halogens is 3. The lowest BCUT2D eigenvalue weighted by Gasteiger charge is -2.07. The van der Waals surface area contributed by atoms with Crippen LogP contribution < -0.4 is 10.1 Å². The van der Waals surface area contributed by atoms with Crippen molar-refractivity contribution in [2.24, 2.45) is 0 Å². The average Bonchev–Trinajstić information content (AvgIpc) is 2.87. The summed E-state index contributed by atoms with van der Waals surface area (Å²) in [6.45, 7) is 0. The molecule has 0 fully saturated rings. The van der Waals surface area contributed by atoms with Crippen LogP contribution in [0.15, 0.2) is 36.4 Å². The first-order valence-corrected chi connectivity index (χ1v) is 7.71. The van der Waals surface area contributed by atoms with Gasteiger partial charge in [0.1, 0.15) is 22.3 Å². The van der Waals surface area contributed by atoms with Crippen molar-refractivity contribution in [2.45, 2.75) is 0 Å². The second-order valence-corrected chi connectivity index (χ2v) is 6.17. The van der Waals surface area contributed by atoms with Crippen LogP contribution in [0.5, 0.6) is 5.75 Å². The van der Waals surface area contributed by atoms with Gasteiger partial charge in [0.15, 0.2) is 0 Å². The predicted molar refractivity (Wildman–Crippen MR) is 87.7 cm³/mol. The summed E-state index contributed by atoms with van der Waals surface area (Å²) in [5.41, 5.74) is -0.103. The molecule has 3 rings (SSSR count). The molecule has 0 atom stereocenters. The Hall–Kier alpha value is -2.18. The van der Waals surface area contributed by atoms with Gasteiger partial charge in [0.2, 0.25) is 0 Å². The largest absolute Gasteiger partial charge is 0.494 e. The maximum Gasteiger partial charge on any atom is 0.269 e. The molecule has 0 saturated carbocycles. The maximum absolute atomic E-state index is 13.7. The van der Waals surface area contributed by atoms with Gasteiger partial charge in [-0.05, 0) is 30.3 Å².